The number of fused-ring (bicyclic) bond motifs is 13. The highest BCUT2D eigenvalue weighted by Gasteiger charge is 2.36. The van der Waals surface area contributed by atoms with Gasteiger partial charge in [0.15, 0.2) is 0 Å². The van der Waals surface area contributed by atoms with E-state index in [2.05, 4.69) is 169 Å². The van der Waals surface area contributed by atoms with Gasteiger partial charge in [-0.15, -0.1) is 0 Å². The average Bonchev–Trinajstić information content (AvgIpc) is 3.83. The molecule has 0 amide bonds. The molecule has 11 rings (SSSR count). The summed E-state index contributed by atoms with van der Waals surface area (Å²) in [6.45, 7) is 4.65. The second kappa shape index (κ2) is 9.05. The summed E-state index contributed by atoms with van der Waals surface area (Å²) in [5, 5.41) is 7.31. The largest absolute Gasteiger partial charge is 0.456 e. The van der Waals surface area contributed by atoms with Gasteiger partial charge in [0.05, 0.1) is 22.1 Å². The molecule has 3 heteroatoms. The predicted octanol–water partition coefficient (Wildman–Crippen LogP) is 12.1. The van der Waals surface area contributed by atoms with Crippen LogP contribution < -0.4 is 0 Å². The number of benzene rings is 7. The van der Waals surface area contributed by atoms with Crippen LogP contribution in [-0.4, -0.2) is 9.13 Å². The first-order valence-corrected chi connectivity index (χ1v) is 16.7. The van der Waals surface area contributed by atoms with E-state index in [4.69, 9.17) is 4.42 Å². The van der Waals surface area contributed by atoms with Gasteiger partial charge in [-0.1, -0.05) is 92.7 Å². The molecule has 1 aliphatic rings. The van der Waals surface area contributed by atoms with Crippen LogP contribution in [-0.2, 0) is 5.41 Å². The van der Waals surface area contributed by atoms with Gasteiger partial charge >= 0.3 is 0 Å². The first-order chi connectivity index (χ1) is 23.6. The summed E-state index contributed by atoms with van der Waals surface area (Å²) >= 11 is 0. The number of aromatic nitrogens is 2. The fourth-order valence-corrected chi connectivity index (χ4v) is 8.75. The van der Waals surface area contributed by atoms with E-state index < -0.39 is 0 Å². The van der Waals surface area contributed by atoms with Crippen molar-refractivity contribution in [2.45, 2.75) is 19.3 Å². The molecule has 0 spiro atoms. The quantitative estimate of drug-likeness (QED) is 0.190. The maximum absolute atomic E-state index is 6.68. The molecular weight excluding hydrogens is 585 g/mol. The number of nitrogens with zero attached hydrogens (tertiary/aromatic N) is 2. The van der Waals surface area contributed by atoms with E-state index in [-0.39, 0.29) is 5.41 Å². The Morgan fingerprint density at radius 1 is 0.417 bits per heavy atom. The van der Waals surface area contributed by atoms with Gasteiger partial charge < -0.3 is 13.6 Å². The smallest absolute Gasteiger partial charge is 0.136 e. The molecule has 10 aromatic rings. The highest BCUT2D eigenvalue weighted by molar-refractivity contribution is 6.28. The molecule has 0 N–H and O–H groups in total. The van der Waals surface area contributed by atoms with Gasteiger partial charge in [-0.3, -0.25) is 0 Å². The standard InChI is InChI=1S/C45H30N2O/c1-45(2)35-17-9-6-14-29(35)32-25-34-42(26-36(32)45)48-41-23-22-40-43(44(34)41)31-16-8-11-19-38(31)47(40)28-20-21-39-33(24-28)30-15-7-10-18-37(30)46(39)27-12-4-3-5-13-27/h3-26H,1-2H3. The second-order valence-corrected chi connectivity index (χ2v) is 13.7. The number of hydrogen-bond acceptors (Lipinski definition) is 1. The molecule has 1 aliphatic carbocycles. The number of hydrogen-bond donors (Lipinski definition) is 0. The molecule has 0 fully saturated rings. The van der Waals surface area contributed by atoms with Gasteiger partial charge in [0.2, 0.25) is 0 Å². The Morgan fingerprint density at radius 3 is 1.94 bits per heavy atom. The van der Waals surface area contributed by atoms with E-state index in [9.17, 15) is 0 Å². The Kier molecular flexibility index (Phi) is 4.91. The van der Waals surface area contributed by atoms with Gasteiger partial charge in [0.25, 0.3) is 0 Å². The molecule has 0 saturated heterocycles. The third-order valence-corrected chi connectivity index (χ3v) is 10.9. The fourth-order valence-electron chi connectivity index (χ4n) is 8.75. The molecule has 0 bridgehead atoms. The van der Waals surface area contributed by atoms with Crippen molar-refractivity contribution in [2.75, 3.05) is 0 Å². The number of para-hydroxylation sites is 3. The zero-order chi connectivity index (χ0) is 31.7. The van der Waals surface area contributed by atoms with E-state index in [1.165, 1.54) is 82.3 Å². The second-order valence-electron chi connectivity index (χ2n) is 13.7. The van der Waals surface area contributed by atoms with Crippen molar-refractivity contribution in [3.63, 3.8) is 0 Å². The minimum Gasteiger partial charge on any atom is -0.456 e. The maximum Gasteiger partial charge on any atom is 0.136 e. The van der Waals surface area contributed by atoms with Crippen molar-refractivity contribution in [2.24, 2.45) is 0 Å². The summed E-state index contributed by atoms with van der Waals surface area (Å²) in [6, 6.07) is 53.1. The first kappa shape index (κ1) is 26.1. The summed E-state index contributed by atoms with van der Waals surface area (Å²) in [5.74, 6) is 0. The highest BCUT2D eigenvalue weighted by atomic mass is 16.3. The lowest BCUT2D eigenvalue weighted by atomic mass is 9.82. The number of rotatable bonds is 2. The summed E-state index contributed by atoms with van der Waals surface area (Å²) in [6.07, 6.45) is 0. The van der Waals surface area contributed by atoms with Crippen LogP contribution in [0.25, 0.3) is 88.1 Å². The molecule has 7 aromatic carbocycles. The van der Waals surface area contributed by atoms with Crippen molar-refractivity contribution in [1.29, 1.82) is 0 Å². The zero-order valence-corrected chi connectivity index (χ0v) is 26.7. The molecule has 226 valence electrons. The van der Waals surface area contributed by atoms with Crippen LogP contribution in [0.1, 0.15) is 25.0 Å². The van der Waals surface area contributed by atoms with Gasteiger partial charge in [-0.2, -0.15) is 0 Å². The van der Waals surface area contributed by atoms with Crippen molar-refractivity contribution >= 4 is 65.6 Å². The van der Waals surface area contributed by atoms with E-state index in [1.807, 2.05) is 0 Å². The summed E-state index contributed by atoms with van der Waals surface area (Å²) in [5.41, 5.74) is 14.2. The Hall–Kier alpha value is -6.06. The Morgan fingerprint density at radius 2 is 1.08 bits per heavy atom. The molecule has 0 radical (unpaired) electrons. The molecule has 0 atom stereocenters. The van der Waals surface area contributed by atoms with Crippen molar-refractivity contribution in [1.82, 2.24) is 9.13 Å². The maximum atomic E-state index is 6.68. The van der Waals surface area contributed by atoms with Crippen LogP contribution in [0.5, 0.6) is 0 Å². The van der Waals surface area contributed by atoms with Crippen LogP contribution in [0.3, 0.4) is 0 Å². The predicted molar refractivity (Wildman–Crippen MR) is 200 cm³/mol. The molecule has 0 unspecified atom stereocenters. The highest BCUT2D eigenvalue weighted by Crippen LogP contribution is 2.51. The lowest BCUT2D eigenvalue weighted by Crippen LogP contribution is -2.14. The minimum atomic E-state index is -0.0767. The fraction of sp³-hybridized carbons (Fsp3) is 0.0667. The van der Waals surface area contributed by atoms with Crippen LogP contribution >= 0.6 is 0 Å². The van der Waals surface area contributed by atoms with Crippen LogP contribution in [0, 0.1) is 0 Å². The lowest BCUT2D eigenvalue weighted by molar-refractivity contribution is 0.647. The minimum absolute atomic E-state index is 0.0767. The Labute approximate surface area is 276 Å². The molecule has 3 aromatic heterocycles. The zero-order valence-electron chi connectivity index (χ0n) is 26.7. The van der Waals surface area contributed by atoms with Gasteiger partial charge in [0.1, 0.15) is 11.2 Å². The molecule has 0 saturated carbocycles. The van der Waals surface area contributed by atoms with Crippen molar-refractivity contribution < 1.29 is 4.42 Å². The summed E-state index contributed by atoms with van der Waals surface area (Å²) in [7, 11) is 0. The third-order valence-electron chi connectivity index (χ3n) is 10.9. The van der Waals surface area contributed by atoms with Crippen molar-refractivity contribution in [3.05, 3.63) is 157 Å². The molecular formula is C45H30N2O. The van der Waals surface area contributed by atoms with E-state index in [0.29, 0.717) is 0 Å². The normalized spacial score (nSPS) is 13.8. The molecule has 3 heterocycles. The molecule has 3 nitrogen and oxygen atoms in total. The van der Waals surface area contributed by atoms with Gasteiger partial charge in [0, 0.05) is 49.1 Å². The topological polar surface area (TPSA) is 23.0 Å². The average molecular weight is 615 g/mol. The molecule has 0 aliphatic heterocycles. The van der Waals surface area contributed by atoms with Crippen LogP contribution in [0.15, 0.2) is 150 Å². The van der Waals surface area contributed by atoms with Crippen molar-refractivity contribution in [3.8, 4) is 22.5 Å². The third kappa shape index (κ3) is 3.23. The lowest BCUT2D eigenvalue weighted by Gasteiger charge is -2.21. The first-order valence-electron chi connectivity index (χ1n) is 16.7. The number of furan rings is 1. The summed E-state index contributed by atoms with van der Waals surface area (Å²) in [4.78, 5) is 0. The van der Waals surface area contributed by atoms with Crippen LogP contribution in [0.2, 0.25) is 0 Å². The summed E-state index contributed by atoms with van der Waals surface area (Å²) < 4.78 is 11.5. The monoisotopic (exact) mass is 614 g/mol. The Bertz CT molecular complexity index is 2970. The van der Waals surface area contributed by atoms with Crippen LogP contribution in [0.4, 0.5) is 0 Å². The SMILES string of the molecule is CC1(C)c2ccccc2-c2cc3c(cc21)oc1ccc2c(c4ccccc4n2-c2ccc4c(c2)c2ccccc2n4-c2ccccc2)c13. The van der Waals surface area contributed by atoms with E-state index in [1.54, 1.807) is 0 Å². The molecule has 48 heavy (non-hydrogen) atoms. The van der Waals surface area contributed by atoms with E-state index >= 15 is 0 Å². The van der Waals surface area contributed by atoms with Gasteiger partial charge in [-0.05, 0) is 89.0 Å². The Balaban J connectivity index is 1.22. The van der Waals surface area contributed by atoms with E-state index in [0.717, 1.165) is 16.9 Å². The van der Waals surface area contributed by atoms with Gasteiger partial charge in [-0.25, -0.2) is 0 Å².